The first kappa shape index (κ1) is 32.3. The van der Waals surface area contributed by atoms with E-state index in [0.717, 1.165) is 4.31 Å². The molecule has 4 rings (SSSR count). The van der Waals surface area contributed by atoms with Gasteiger partial charge in [-0.05, 0) is 49.4 Å². The van der Waals surface area contributed by atoms with Crippen LogP contribution in [0.15, 0.2) is 64.9 Å². The SMILES string of the molecule is COc1ccc(S(=O)(=O)Nc2ccc3c(c2)CC(=O)N([C@H](C)CO)C[C@@H](C)[C@H](CN(C)S(=O)(=O)c2cn(C)cn2)O3)cc1. The van der Waals surface area contributed by atoms with Crippen molar-refractivity contribution in [3.63, 3.8) is 0 Å². The van der Waals surface area contributed by atoms with Crippen molar-refractivity contribution in [1.82, 2.24) is 18.8 Å². The van der Waals surface area contributed by atoms with Crippen molar-refractivity contribution in [2.24, 2.45) is 13.0 Å². The second-order valence-corrected chi connectivity index (χ2v) is 14.3. The molecule has 15 heteroatoms. The predicted octanol–water partition coefficient (Wildman–Crippen LogP) is 1.70. The van der Waals surface area contributed by atoms with E-state index in [4.69, 9.17) is 9.47 Å². The molecule has 43 heavy (non-hydrogen) atoms. The maximum Gasteiger partial charge on any atom is 0.261 e. The Balaban J connectivity index is 1.67. The van der Waals surface area contributed by atoms with Crippen molar-refractivity contribution >= 4 is 31.6 Å². The van der Waals surface area contributed by atoms with Crippen LogP contribution in [-0.4, -0.2) is 92.6 Å². The molecule has 2 aromatic carbocycles. The molecule has 0 saturated heterocycles. The van der Waals surface area contributed by atoms with Crippen LogP contribution in [0.5, 0.6) is 11.5 Å². The molecule has 0 radical (unpaired) electrons. The van der Waals surface area contributed by atoms with Gasteiger partial charge in [0.2, 0.25) is 5.91 Å². The summed E-state index contributed by atoms with van der Waals surface area (Å²) in [5.74, 6) is 0.192. The summed E-state index contributed by atoms with van der Waals surface area (Å²) in [7, 11) is -3.31. The summed E-state index contributed by atoms with van der Waals surface area (Å²) in [6.45, 7) is 3.44. The summed E-state index contributed by atoms with van der Waals surface area (Å²) in [5.41, 5.74) is 0.621. The number of methoxy groups -OCH3 is 1. The molecule has 0 aliphatic carbocycles. The molecule has 1 aromatic heterocycles. The molecule has 1 aliphatic heterocycles. The Morgan fingerprint density at radius 1 is 1.19 bits per heavy atom. The van der Waals surface area contributed by atoms with E-state index in [9.17, 15) is 26.7 Å². The van der Waals surface area contributed by atoms with E-state index >= 15 is 0 Å². The van der Waals surface area contributed by atoms with Gasteiger partial charge >= 0.3 is 0 Å². The number of amides is 1. The molecule has 1 amide bonds. The summed E-state index contributed by atoms with van der Waals surface area (Å²) in [4.78, 5) is 19.0. The number of carbonyl (C=O) groups excluding carboxylic acids is 1. The number of aromatic nitrogens is 2. The number of hydrogen-bond acceptors (Lipinski definition) is 9. The Kier molecular flexibility index (Phi) is 9.69. The van der Waals surface area contributed by atoms with Crippen LogP contribution in [0.4, 0.5) is 5.69 Å². The van der Waals surface area contributed by atoms with Gasteiger partial charge in [0, 0.05) is 44.0 Å². The molecule has 3 atom stereocenters. The van der Waals surface area contributed by atoms with Gasteiger partial charge in [0.1, 0.15) is 17.6 Å². The van der Waals surface area contributed by atoms with Crippen molar-refractivity contribution in [1.29, 1.82) is 0 Å². The largest absolute Gasteiger partial charge is 0.497 e. The first-order chi connectivity index (χ1) is 20.2. The normalized spacial score (nSPS) is 18.7. The fourth-order valence-corrected chi connectivity index (χ4v) is 6.90. The average molecular weight is 636 g/mol. The zero-order valence-electron chi connectivity index (χ0n) is 24.7. The first-order valence-corrected chi connectivity index (χ1v) is 16.5. The molecule has 2 heterocycles. The lowest BCUT2D eigenvalue weighted by molar-refractivity contribution is -0.134. The Morgan fingerprint density at radius 2 is 1.88 bits per heavy atom. The first-order valence-electron chi connectivity index (χ1n) is 13.6. The lowest BCUT2D eigenvalue weighted by atomic mass is 10.0. The van der Waals surface area contributed by atoms with E-state index in [1.165, 1.54) is 72.5 Å². The molecule has 0 fully saturated rings. The molecule has 0 saturated carbocycles. The highest BCUT2D eigenvalue weighted by molar-refractivity contribution is 7.92. The molecule has 13 nitrogen and oxygen atoms in total. The van der Waals surface area contributed by atoms with Crippen molar-refractivity contribution in [3.05, 3.63) is 60.6 Å². The topological polar surface area (TPSA) is 160 Å². The molecular weight excluding hydrogens is 598 g/mol. The predicted molar refractivity (Wildman–Crippen MR) is 159 cm³/mol. The van der Waals surface area contributed by atoms with Crippen molar-refractivity contribution < 1.29 is 36.2 Å². The Morgan fingerprint density at radius 3 is 2.49 bits per heavy atom. The molecular formula is C28H37N5O8S2. The van der Waals surface area contributed by atoms with Gasteiger partial charge in [-0.1, -0.05) is 6.92 Å². The molecule has 234 valence electrons. The molecule has 2 N–H and O–H groups in total. The average Bonchev–Trinajstić information content (AvgIpc) is 3.43. The third-order valence-electron chi connectivity index (χ3n) is 7.33. The van der Waals surface area contributed by atoms with Gasteiger partial charge in [-0.25, -0.2) is 21.8 Å². The van der Waals surface area contributed by atoms with Crippen molar-refractivity contribution in [2.75, 3.05) is 38.6 Å². The van der Waals surface area contributed by atoms with Gasteiger partial charge in [0.05, 0.1) is 43.9 Å². The van der Waals surface area contributed by atoms with Gasteiger partial charge < -0.3 is 24.0 Å². The number of sulfonamides is 2. The van der Waals surface area contributed by atoms with Crippen LogP contribution in [0.3, 0.4) is 0 Å². The second kappa shape index (κ2) is 12.9. The van der Waals surface area contributed by atoms with E-state index in [1.54, 1.807) is 20.0 Å². The number of ether oxygens (including phenoxy) is 2. The number of nitrogens with zero attached hydrogens (tertiary/aromatic N) is 4. The van der Waals surface area contributed by atoms with Crippen LogP contribution in [-0.2, 0) is 38.3 Å². The molecule has 0 bridgehead atoms. The number of aliphatic hydroxyl groups excluding tert-OH is 1. The fraction of sp³-hybridized carbons (Fsp3) is 0.429. The molecule has 1 aliphatic rings. The van der Waals surface area contributed by atoms with Crippen LogP contribution in [0.2, 0.25) is 0 Å². The second-order valence-electron chi connectivity index (χ2n) is 10.7. The molecule has 0 unspecified atom stereocenters. The van der Waals surface area contributed by atoms with Crippen LogP contribution in [0, 0.1) is 5.92 Å². The summed E-state index contributed by atoms with van der Waals surface area (Å²) in [6, 6.07) is 10.0. The minimum absolute atomic E-state index is 0.0261. The lowest BCUT2D eigenvalue weighted by Crippen LogP contribution is -2.48. The number of anilines is 1. The summed E-state index contributed by atoms with van der Waals surface area (Å²) in [6.07, 6.45) is 1.98. The number of nitrogens with one attached hydrogen (secondary N) is 1. The highest BCUT2D eigenvalue weighted by Gasteiger charge is 2.34. The lowest BCUT2D eigenvalue weighted by Gasteiger charge is -2.33. The number of hydrogen-bond donors (Lipinski definition) is 2. The van der Waals surface area contributed by atoms with Gasteiger partial charge in [-0.2, -0.15) is 4.31 Å². The van der Waals surface area contributed by atoms with Crippen molar-refractivity contribution in [2.45, 2.75) is 42.3 Å². The molecule has 0 spiro atoms. The van der Waals surface area contributed by atoms with E-state index in [2.05, 4.69) is 9.71 Å². The maximum absolute atomic E-state index is 13.5. The number of benzene rings is 2. The maximum atomic E-state index is 13.5. The summed E-state index contributed by atoms with van der Waals surface area (Å²) in [5, 5.41) is 9.77. The zero-order chi connectivity index (χ0) is 31.5. The van der Waals surface area contributed by atoms with E-state index in [-0.39, 0.29) is 53.6 Å². The number of likely N-dealkylation sites (N-methyl/N-ethyl adjacent to an activating group) is 1. The van der Waals surface area contributed by atoms with Gasteiger partial charge in [-0.15, -0.1) is 0 Å². The highest BCUT2D eigenvalue weighted by atomic mass is 32.2. The number of imidazole rings is 1. The Labute approximate surface area is 252 Å². The van der Waals surface area contributed by atoms with Gasteiger partial charge in [-0.3, -0.25) is 9.52 Å². The van der Waals surface area contributed by atoms with Crippen LogP contribution >= 0.6 is 0 Å². The highest BCUT2D eigenvalue weighted by Crippen LogP contribution is 2.31. The third kappa shape index (κ3) is 7.29. The van der Waals surface area contributed by atoms with Crippen LogP contribution in [0.25, 0.3) is 0 Å². The Hall–Kier alpha value is -3.66. The Bertz CT molecular complexity index is 1660. The number of aliphatic hydroxyl groups is 1. The zero-order valence-corrected chi connectivity index (χ0v) is 26.3. The molecule has 3 aromatic rings. The number of aryl methyl sites for hydroxylation is 1. The monoisotopic (exact) mass is 635 g/mol. The summed E-state index contributed by atoms with van der Waals surface area (Å²) < 4.78 is 69.3. The van der Waals surface area contributed by atoms with Crippen LogP contribution < -0.4 is 14.2 Å². The smallest absolute Gasteiger partial charge is 0.261 e. The van der Waals surface area contributed by atoms with E-state index < -0.39 is 32.2 Å². The van der Waals surface area contributed by atoms with Crippen LogP contribution in [0.1, 0.15) is 19.4 Å². The van der Waals surface area contributed by atoms with E-state index in [0.29, 0.717) is 17.1 Å². The standard InChI is InChI=1S/C28H37N5O8S2/c1-19-14-33(20(2)17-34)28(35)13-21-12-22(30-42(36,37)24-9-7-23(40-5)8-10-24)6-11-25(21)41-26(19)15-32(4)43(38,39)27-16-31(3)18-29-27/h6-12,16,18-20,26,30,34H,13-15,17H2,1-5H3/t19-,20-,26+/m1/s1. The van der Waals surface area contributed by atoms with Gasteiger partial charge in [0.15, 0.2) is 5.03 Å². The van der Waals surface area contributed by atoms with E-state index in [1.807, 2.05) is 6.92 Å². The fourth-order valence-electron chi connectivity index (χ4n) is 4.71. The quantitative estimate of drug-likeness (QED) is 0.338. The van der Waals surface area contributed by atoms with Crippen molar-refractivity contribution in [3.8, 4) is 11.5 Å². The third-order valence-corrected chi connectivity index (χ3v) is 10.4. The summed E-state index contributed by atoms with van der Waals surface area (Å²) >= 11 is 0. The number of carbonyl (C=O) groups is 1. The minimum atomic E-state index is -3.96. The number of fused-ring (bicyclic) bond motifs is 1. The van der Waals surface area contributed by atoms with Gasteiger partial charge in [0.25, 0.3) is 20.0 Å². The number of rotatable bonds is 10. The minimum Gasteiger partial charge on any atom is -0.497 e.